The Labute approximate surface area is 523 Å². The minimum absolute atomic E-state index is 0. The largest absolute Gasteiger partial charge is 1.00 e. The van der Waals surface area contributed by atoms with Gasteiger partial charge < -0.3 is 101 Å². The van der Waals surface area contributed by atoms with Crippen LogP contribution in [-0.2, 0) is 24.1 Å². The first-order valence-electron chi connectivity index (χ1n) is 29.0. The maximum Gasteiger partial charge on any atom is 1.00 e. The molecule has 484 valence electrons. The van der Waals surface area contributed by atoms with Gasteiger partial charge in [-0.3, -0.25) is 4.18 Å². The molecule has 22 atom stereocenters. The second kappa shape index (κ2) is 43.5. The Morgan fingerprint density at radius 1 is 0.635 bits per heavy atom. The number of rotatable bonds is 42. The van der Waals surface area contributed by atoms with Crippen LogP contribution in [0.15, 0.2) is 109 Å². The molecule has 23 nitrogen and oxygen atoms in total. The van der Waals surface area contributed by atoms with E-state index in [1.807, 2.05) is 42.5 Å². The van der Waals surface area contributed by atoms with Crippen LogP contribution in [0.3, 0.4) is 0 Å². The zero-order chi connectivity index (χ0) is 63.1. The van der Waals surface area contributed by atoms with Gasteiger partial charge >= 0.3 is 29.6 Å². The number of aliphatic hydroxyl groups excluding tert-OH is 17. The van der Waals surface area contributed by atoms with Gasteiger partial charge in [-0.25, -0.2) is 8.42 Å². The smallest absolute Gasteiger partial charge is 0.726 e. The third-order valence-electron chi connectivity index (χ3n) is 15.0. The van der Waals surface area contributed by atoms with Crippen molar-refractivity contribution in [1.29, 1.82) is 0 Å². The van der Waals surface area contributed by atoms with Gasteiger partial charge in [0.1, 0.15) is 61.0 Å². The molecule has 0 saturated carbocycles. The molecule has 2 heterocycles. The first-order chi connectivity index (χ1) is 39.6. The third-order valence-corrected chi connectivity index (χ3v) is 15.4. The van der Waals surface area contributed by atoms with Gasteiger partial charge in [0.15, 0.2) is 0 Å². The van der Waals surface area contributed by atoms with E-state index in [4.69, 9.17) is 9.47 Å². The van der Waals surface area contributed by atoms with E-state index in [0.717, 1.165) is 12.8 Å². The number of ether oxygens (including phenoxy) is 2. The van der Waals surface area contributed by atoms with E-state index in [1.165, 1.54) is 19.1 Å². The summed E-state index contributed by atoms with van der Waals surface area (Å²) < 4.78 is 47.0. The van der Waals surface area contributed by atoms with Crippen molar-refractivity contribution in [3.8, 4) is 0 Å². The van der Waals surface area contributed by atoms with Crippen molar-refractivity contribution in [3.63, 3.8) is 0 Å². The fourth-order valence-corrected chi connectivity index (χ4v) is 9.91. The molecule has 2 aliphatic rings. The van der Waals surface area contributed by atoms with Crippen LogP contribution in [0, 0.1) is 5.92 Å². The fourth-order valence-electron chi connectivity index (χ4n) is 9.59. The summed E-state index contributed by atoms with van der Waals surface area (Å²) in [4.78, 5) is 0. The van der Waals surface area contributed by atoms with Gasteiger partial charge in [-0.15, -0.1) is 6.58 Å². The molecule has 0 aromatic heterocycles. The summed E-state index contributed by atoms with van der Waals surface area (Å²) in [5.74, 6) is -1.04. The number of allylic oxidation sites excluding steroid dienone is 10. The fraction of sp³-hybridized carbons (Fsp3) is 0.700. The van der Waals surface area contributed by atoms with Crippen molar-refractivity contribution in [2.75, 3.05) is 6.61 Å². The van der Waals surface area contributed by atoms with Crippen molar-refractivity contribution >= 4 is 10.4 Å². The first-order valence-corrected chi connectivity index (χ1v) is 30.4. The monoisotopic (exact) mass is 1240 g/mol. The molecule has 2 aliphatic heterocycles. The molecule has 0 aliphatic carbocycles. The van der Waals surface area contributed by atoms with E-state index >= 15 is 0 Å². The zero-order valence-corrected chi connectivity index (χ0v) is 52.2. The van der Waals surface area contributed by atoms with Crippen LogP contribution in [0.5, 0.6) is 0 Å². The molecule has 0 spiro atoms. The number of hydrogen-bond donors (Lipinski definition) is 17. The maximum atomic E-state index is 11.2. The third kappa shape index (κ3) is 31.4. The summed E-state index contributed by atoms with van der Waals surface area (Å²) in [5.41, 5.74) is 0.446. The van der Waals surface area contributed by atoms with Crippen LogP contribution in [-0.4, -0.2) is 235 Å². The first kappa shape index (κ1) is 80.8. The Balaban J connectivity index is 0.0000361. The van der Waals surface area contributed by atoms with Crippen molar-refractivity contribution < 1.29 is 143 Å². The van der Waals surface area contributed by atoms with Crippen molar-refractivity contribution in [2.24, 2.45) is 5.92 Å². The molecule has 2 fully saturated rings. The van der Waals surface area contributed by atoms with E-state index in [2.05, 4.69) is 17.3 Å². The molecular weight excluding hydrogens is 1140 g/mol. The Morgan fingerprint density at radius 3 is 1.79 bits per heavy atom. The van der Waals surface area contributed by atoms with Crippen LogP contribution >= 0.6 is 0 Å². The molecule has 0 aromatic carbocycles. The Bertz CT molecular complexity index is 2180. The standard InChI is InChI=1S/C60H100O23S.Na/c1-5-6-7-8-9-10-11-12-13-14-17-20-26-44(65)54(73)59-57(76)48(69)36-50(83-59)58(77)51(70)38(3)29-31-42(63)49-35-47(68)56(75)60(82-49)55(74)45(66)33-37(2)28-30-41(62)34-46(67)53(72)39(4)52(71)43(64)27-22-21-25-40(61)24-19-16-15-18-23-32-81-84(78,79)80;/h5,8-13,19-22,24,26,33,39-77H,1,3,6-7,14-18,23,25,27-32,34-36H2,2,4H3,(H,78,79,80);/q;+1/p-1/b9-8+,11-10+,13-12+,22-21+,24-19+,26-20+,37-33+;/t39?,40?,41-,42+,43?,44+,45+,46-,47+,48+,49+,50+,51-,52?,53+,54-,55-,56+,57+,58-,59-,60-;/m0./s1. The second-order valence-electron chi connectivity index (χ2n) is 22.1. The van der Waals surface area contributed by atoms with Crippen LogP contribution in [0.1, 0.15) is 123 Å². The van der Waals surface area contributed by atoms with Gasteiger partial charge in [0.2, 0.25) is 10.4 Å². The van der Waals surface area contributed by atoms with E-state index in [0.29, 0.717) is 44.1 Å². The van der Waals surface area contributed by atoms with Crippen LogP contribution < -0.4 is 29.6 Å². The molecule has 2 rings (SSSR count). The van der Waals surface area contributed by atoms with Crippen molar-refractivity contribution in [1.82, 2.24) is 0 Å². The number of aliphatic hydroxyl groups is 17. The molecular formula is C60H99NaO23S. The van der Waals surface area contributed by atoms with Gasteiger partial charge in [0, 0.05) is 25.2 Å². The normalized spacial score (nSPS) is 27.1. The minimum atomic E-state index is -4.71. The Kier molecular flexibility index (Phi) is 41.3. The molecule has 85 heavy (non-hydrogen) atoms. The van der Waals surface area contributed by atoms with Crippen molar-refractivity contribution in [2.45, 2.75) is 251 Å². The Hall–Kier alpha value is -2.23. The summed E-state index contributed by atoms with van der Waals surface area (Å²) in [7, 11) is -4.71. The van der Waals surface area contributed by atoms with E-state index in [-0.39, 0.29) is 99.5 Å². The zero-order valence-electron chi connectivity index (χ0n) is 49.4. The van der Waals surface area contributed by atoms with E-state index in [1.54, 1.807) is 37.3 Å². The van der Waals surface area contributed by atoms with Gasteiger partial charge in [0.25, 0.3) is 0 Å². The summed E-state index contributed by atoms with van der Waals surface area (Å²) in [6.07, 6.45) is -3.44. The second-order valence-corrected chi connectivity index (χ2v) is 23.1. The molecule has 0 bridgehead atoms. The predicted molar refractivity (Wildman–Crippen MR) is 311 cm³/mol. The molecule has 17 N–H and O–H groups in total. The average molecular weight is 1240 g/mol. The predicted octanol–water partition coefficient (Wildman–Crippen LogP) is -2.57. The minimum Gasteiger partial charge on any atom is -0.726 e. The van der Waals surface area contributed by atoms with Crippen molar-refractivity contribution in [3.05, 3.63) is 109 Å². The maximum absolute atomic E-state index is 11.2. The molecule has 4 unspecified atom stereocenters. The van der Waals surface area contributed by atoms with Gasteiger partial charge in [-0.1, -0.05) is 111 Å². The van der Waals surface area contributed by atoms with Crippen LogP contribution in [0.4, 0.5) is 0 Å². The number of hydrogen-bond acceptors (Lipinski definition) is 23. The SMILES string of the molecule is C=CCC/C=C/C=C/C=C/CC/C=C/[C@@H](O)[C@H](O)[C@@H]1O[C@@H]([C@H](O)[C@@H](O)C(=C)CC[C@@H](O)[C@H]2C[C@@H](O)[C@@H](O)[C@H]([C@@H](O)[C@H](O)/C=C(\C)CC[C@H](O)C[C@H](O)[C@H](O)C(C)C(O)C(O)C/C=C/CC(O)/C=C/CCCCCOS(=O)(=O)[O-])O2)C[C@@H](O)[C@H]1O.[Na+]. The molecule has 0 radical (unpaired) electrons. The van der Waals surface area contributed by atoms with Gasteiger partial charge in [0.05, 0.1) is 73.8 Å². The summed E-state index contributed by atoms with van der Waals surface area (Å²) in [6.45, 7) is 10.3. The topological polar surface area (TPSA) is 429 Å². The van der Waals surface area contributed by atoms with Crippen LogP contribution in [0.2, 0.25) is 0 Å². The summed E-state index contributed by atoms with van der Waals surface area (Å²) in [6, 6.07) is 0. The summed E-state index contributed by atoms with van der Waals surface area (Å²) in [5, 5.41) is 184. The summed E-state index contributed by atoms with van der Waals surface area (Å²) >= 11 is 0. The van der Waals surface area contributed by atoms with Gasteiger partial charge in [-0.2, -0.15) is 0 Å². The average Bonchev–Trinajstić information content (AvgIpc) is 3.20. The Morgan fingerprint density at radius 2 is 1.18 bits per heavy atom. The molecule has 2 saturated heterocycles. The quantitative estimate of drug-likeness (QED) is 0.00746. The van der Waals surface area contributed by atoms with Crippen LogP contribution in [0.25, 0.3) is 0 Å². The number of unbranched alkanes of at least 4 members (excludes halogenated alkanes) is 5. The van der Waals surface area contributed by atoms with E-state index < -0.39 is 145 Å². The molecule has 0 amide bonds. The molecule has 25 heteroatoms. The van der Waals surface area contributed by atoms with E-state index in [9.17, 15) is 99.8 Å². The van der Waals surface area contributed by atoms with Gasteiger partial charge in [-0.05, 0) is 96.0 Å². The molecule has 0 aromatic rings.